The van der Waals surface area contributed by atoms with Crippen molar-refractivity contribution in [3.05, 3.63) is 0 Å². The molecule has 0 spiro atoms. The van der Waals surface area contributed by atoms with Crippen molar-refractivity contribution in [2.24, 2.45) is 27.9 Å². The van der Waals surface area contributed by atoms with Crippen LogP contribution in [0.15, 0.2) is 0 Å². The van der Waals surface area contributed by atoms with Gasteiger partial charge in [-0.05, 0) is 42.9 Å². The molecule has 0 aliphatic carbocycles. The minimum Gasteiger partial charge on any atom is -0.369 e. The van der Waals surface area contributed by atoms with Gasteiger partial charge in [0.2, 0.25) is 11.8 Å². The summed E-state index contributed by atoms with van der Waals surface area (Å²) in [6.07, 6.45) is 1.38. The van der Waals surface area contributed by atoms with Crippen molar-refractivity contribution < 1.29 is 22.6 Å². The standard InChI is InChI=1S/C20H40N2O5S/c1-17(2,3)14(16(21)24)12-19(6,7)18(4,5)11-10-15(23)22-20(8,9)13-28(25,26)27/h14H,10-13H2,1-9H3,(H2,21,24)(H,22,23)(H,25,26,27). The fourth-order valence-electron chi connectivity index (χ4n) is 3.32. The molecule has 2 amide bonds. The summed E-state index contributed by atoms with van der Waals surface area (Å²) in [5.41, 5.74) is 3.80. The van der Waals surface area contributed by atoms with Gasteiger partial charge in [-0.3, -0.25) is 14.1 Å². The number of hydrogen-bond donors (Lipinski definition) is 3. The molecule has 0 bridgehead atoms. The third kappa shape index (κ3) is 8.90. The highest BCUT2D eigenvalue weighted by Crippen LogP contribution is 2.48. The van der Waals surface area contributed by atoms with Crippen LogP contribution in [0.3, 0.4) is 0 Å². The van der Waals surface area contributed by atoms with Crippen LogP contribution in [0.4, 0.5) is 0 Å². The van der Waals surface area contributed by atoms with Gasteiger partial charge in [0.15, 0.2) is 0 Å². The fourth-order valence-corrected chi connectivity index (χ4v) is 4.30. The van der Waals surface area contributed by atoms with Gasteiger partial charge in [-0.15, -0.1) is 0 Å². The predicted octanol–water partition coefficient (Wildman–Crippen LogP) is 3.14. The molecule has 0 aliphatic rings. The average Bonchev–Trinajstić information content (AvgIpc) is 2.37. The smallest absolute Gasteiger partial charge is 0.267 e. The molecule has 0 aromatic heterocycles. The second-order valence-electron chi connectivity index (χ2n) is 11.0. The van der Waals surface area contributed by atoms with Crippen LogP contribution < -0.4 is 11.1 Å². The van der Waals surface area contributed by atoms with Crippen molar-refractivity contribution in [1.82, 2.24) is 5.32 Å². The summed E-state index contributed by atoms with van der Waals surface area (Å²) in [4.78, 5) is 24.3. The molecule has 166 valence electrons. The average molecular weight is 421 g/mol. The third-order valence-corrected chi connectivity index (χ3v) is 7.02. The Morgan fingerprint density at radius 2 is 1.43 bits per heavy atom. The van der Waals surface area contributed by atoms with E-state index >= 15 is 0 Å². The van der Waals surface area contributed by atoms with Gasteiger partial charge in [0, 0.05) is 12.3 Å². The summed E-state index contributed by atoms with van der Waals surface area (Å²) in [5, 5.41) is 2.67. The lowest BCUT2D eigenvalue weighted by Gasteiger charge is -2.45. The van der Waals surface area contributed by atoms with Gasteiger partial charge >= 0.3 is 0 Å². The van der Waals surface area contributed by atoms with E-state index in [2.05, 4.69) is 33.0 Å². The van der Waals surface area contributed by atoms with Gasteiger partial charge < -0.3 is 11.1 Å². The molecule has 7 nitrogen and oxygen atoms in total. The minimum absolute atomic E-state index is 0.210. The lowest BCUT2D eigenvalue weighted by atomic mass is 9.59. The Bertz CT molecular complexity index is 673. The molecule has 1 unspecified atom stereocenters. The van der Waals surface area contributed by atoms with Gasteiger partial charge in [-0.1, -0.05) is 48.5 Å². The van der Waals surface area contributed by atoms with Crippen LogP contribution in [0.5, 0.6) is 0 Å². The highest BCUT2D eigenvalue weighted by atomic mass is 32.2. The second-order valence-corrected chi connectivity index (χ2v) is 12.4. The van der Waals surface area contributed by atoms with Crippen LogP contribution >= 0.6 is 0 Å². The summed E-state index contributed by atoms with van der Waals surface area (Å²) in [7, 11) is -4.19. The molecule has 0 aliphatic heterocycles. The molecular weight excluding hydrogens is 380 g/mol. The normalized spacial score (nSPS) is 15.2. The van der Waals surface area contributed by atoms with Gasteiger partial charge in [-0.25, -0.2) is 0 Å². The maximum absolute atomic E-state index is 12.3. The number of amides is 2. The van der Waals surface area contributed by atoms with Crippen molar-refractivity contribution in [3.63, 3.8) is 0 Å². The molecule has 0 aromatic rings. The maximum atomic E-state index is 12.3. The Kier molecular flexibility index (Phi) is 8.34. The Morgan fingerprint density at radius 3 is 1.79 bits per heavy atom. The van der Waals surface area contributed by atoms with E-state index in [9.17, 15) is 18.0 Å². The topological polar surface area (TPSA) is 127 Å². The highest BCUT2D eigenvalue weighted by Gasteiger charge is 2.43. The summed E-state index contributed by atoms with van der Waals surface area (Å²) >= 11 is 0. The molecular formula is C20H40N2O5S. The zero-order valence-corrected chi connectivity index (χ0v) is 19.8. The first-order valence-electron chi connectivity index (χ1n) is 9.65. The van der Waals surface area contributed by atoms with E-state index in [4.69, 9.17) is 10.3 Å². The van der Waals surface area contributed by atoms with Crippen LogP contribution in [0.1, 0.15) is 81.6 Å². The van der Waals surface area contributed by atoms with E-state index in [1.165, 1.54) is 0 Å². The van der Waals surface area contributed by atoms with Crippen molar-refractivity contribution >= 4 is 21.9 Å². The lowest BCUT2D eigenvalue weighted by molar-refractivity contribution is -0.128. The largest absolute Gasteiger partial charge is 0.369 e. The monoisotopic (exact) mass is 420 g/mol. The minimum atomic E-state index is -4.19. The number of carbonyl (C=O) groups is 2. The zero-order valence-electron chi connectivity index (χ0n) is 19.0. The van der Waals surface area contributed by atoms with Crippen LogP contribution in [-0.2, 0) is 19.7 Å². The zero-order chi connectivity index (χ0) is 22.8. The van der Waals surface area contributed by atoms with Gasteiger partial charge in [0.1, 0.15) is 0 Å². The molecule has 28 heavy (non-hydrogen) atoms. The van der Waals surface area contributed by atoms with Crippen LogP contribution in [0.2, 0.25) is 0 Å². The SMILES string of the molecule is CC(C)(CS(=O)(=O)O)NC(=O)CCC(C)(C)C(C)(C)CC(C(N)=O)C(C)(C)C. The van der Waals surface area contributed by atoms with Gasteiger partial charge in [0.25, 0.3) is 10.1 Å². The molecule has 0 aromatic carbocycles. The van der Waals surface area contributed by atoms with Crippen LogP contribution in [0, 0.1) is 22.2 Å². The summed E-state index contributed by atoms with van der Waals surface area (Å²) in [6.45, 7) is 17.4. The molecule has 0 saturated carbocycles. The molecule has 0 radical (unpaired) electrons. The summed E-state index contributed by atoms with van der Waals surface area (Å²) < 4.78 is 31.2. The van der Waals surface area contributed by atoms with E-state index in [-0.39, 0.29) is 40.4 Å². The van der Waals surface area contributed by atoms with Crippen LogP contribution in [0.25, 0.3) is 0 Å². The lowest BCUT2D eigenvalue weighted by Crippen LogP contribution is -2.48. The quantitative estimate of drug-likeness (QED) is 0.468. The number of rotatable bonds is 10. The van der Waals surface area contributed by atoms with Crippen LogP contribution in [-0.4, -0.2) is 36.1 Å². The summed E-state index contributed by atoms with van der Waals surface area (Å²) in [5.74, 6) is -1.43. The highest BCUT2D eigenvalue weighted by molar-refractivity contribution is 7.85. The summed E-state index contributed by atoms with van der Waals surface area (Å²) in [6, 6.07) is 0. The first kappa shape index (κ1) is 26.9. The van der Waals surface area contributed by atoms with Gasteiger partial charge in [-0.2, -0.15) is 8.42 Å². The molecule has 0 fully saturated rings. The molecule has 0 heterocycles. The number of nitrogens with two attached hydrogens (primary N) is 1. The third-order valence-electron chi connectivity index (χ3n) is 5.93. The number of nitrogens with one attached hydrogen (secondary N) is 1. The van der Waals surface area contributed by atoms with E-state index in [0.29, 0.717) is 12.8 Å². The Labute approximate surface area is 171 Å². The molecule has 8 heteroatoms. The first-order valence-corrected chi connectivity index (χ1v) is 11.3. The fraction of sp³-hybridized carbons (Fsp3) is 0.900. The van der Waals surface area contributed by atoms with E-state index < -0.39 is 21.4 Å². The molecule has 4 N–H and O–H groups in total. The predicted molar refractivity (Wildman–Crippen MR) is 112 cm³/mol. The molecule has 0 saturated heterocycles. The molecule has 0 rings (SSSR count). The molecule has 1 atom stereocenters. The maximum Gasteiger partial charge on any atom is 0.267 e. The Morgan fingerprint density at radius 1 is 0.964 bits per heavy atom. The van der Waals surface area contributed by atoms with Crippen molar-refractivity contribution in [3.8, 4) is 0 Å². The number of hydrogen-bond acceptors (Lipinski definition) is 4. The first-order chi connectivity index (χ1) is 12.1. The number of primary amides is 1. The van der Waals surface area contributed by atoms with Crippen molar-refractivity contribution in [2.45, 2.75) is 87.1 Å². The van der Waals surface area contributed by atoms with Gasteiger partial charge in [0.05, 0.1) is 11.3 Å². The van der Waals surface area contributed by atoms with E-state index in [1.807, 2.05) is 20.8 Å². The Hall–Kier alpha value is -1.15. The Balaban J connectivity index is 5.11. The van der Waals surface area contributed by atoms with E-state index in [0.717, 1.165) is 0 Å². The van der Waals surface area contributed by atoms with E-state index in [1.54, 1.807) is 13.8 Å². The second kappa shape index (κ2) is 8.69. The number of carbonyl (C=O) groups excluding carboxylic acids is 2. The van der Waals surface area contributed by atoms with Crippen molar-refractivity contribution in [1.29, 1.82) is 0 Å². The van der Waals surface area contributed by atoms with Crippen molar-refractivity contribution in [2.75, 3.05) is 5.75 Å².